The van der Waals surface area contributed by atoms with Gasteiger partial charge in [0.1, 0.15) is 10.8 Å². The Bertz CT molecular complexity index is 583. The van der Waals surface area contributed by atoms with Gasteiger partial charge in [-0.25, -0.2) is 8.77 Å². The van der Waals surface area contributed by atoms with Gasteiger partial charge in [-0.15, -0.1) is 0 Å². The van der Waals surface area contributed by atoms with Crippen LogP contribution in [0.4, 0.5) is 0 Å². The molecule has 2 heterocycles. The lowest BCUT2D eigenvalue weighted by atomic mass is 10.2. The van der Waals surface area contributed by atoms with E-state index in [-0.39, 0.29) is 0 Å². The molecule has 16 heavy (non-hydrogen) atoms. The number of ether oxygens (including phenoxy) is 1. The van der Waals surface area contributed by atoms with Crippen LogP contribution < -0.4 is 4.74 Å². The molecule has 0 aliphatic rings. The molecule has 80 valence electrons. The van der Waals surface area contributed by atoms with Gasteiger partial charge in [-0.05, 0) is 35.8 Å². The zero-order chi connectivity index (χ0) is 11.0. The van der Waals surface area contributed by atoms with Crippen LogP contribution >= 0.6 is 11.5 Å². The number of imidazole rings is 1. The fourth-order valence-corrected chi connectivity index (χ4v) is 2.32. The first-order valence-corrected chi connectivity index (χ1v) is 5.59. The number of nitrogens with zero attached hydrogens (tertiary/aromatic N) is 3. The van der Waals surface area contributed by atoms with Gasteiger partial charge in [0.15, 0.2) is 0 Å². The first kappa shape index (κ1) is 9.35. The van der Waals surface area contributed by atoms with Crippen molar-refractivity contribution >= 4 is 17.3 Å². The van der Waals surface area contributed by atoms with Crippen molar-refractivity contribution in [2.75, 3.05) is 7.11 Å². The summed E-state index contributed by atoms with van der Waals surface area (Å²) in [5, 5.41) is 0.964. The molecule has 0 spiro atoms. The summed E-state index contributed by atoms with van der Waals surface area (Å²) in [6.45, 7) is 0. The molecule has 2 aromatic heterocycles. The summed E-state index contributed by atoms with van der Waals surface area (Å²) in [4.78, 5) is 8.56. The van der Waals surface area contributed by atoms with Crippen LogP contribution in [-0.2, 0) is 0 Å². The molecule has 0 N–H and O–H groups in total. The molecule has 0 fully saturated rings. The predicted octanol–water partition coefficient (Wildman–Crippen LogP) is 2.47. The van der Waals surface area contributed by atoms with Crippen molar-refractivity contribution in [1.82, 2.24) is 13.8 Å². The molecule has 1 aromatic carbocycles. The van der Waals surface area contributed by atoms with Gasteiger partial charge in [-0.3, -0.25) is 0 Å². The molecule has 0 aliphatic carbocycles. The normalized spacial score (nSPS) is 10.8. The molecule has 4 nitrogen and oxygen atoms in total. The standard InChI is InChI=1S/C11H9N3OS/c1-15-9-4-2-8(3-5-9)10-13-11-12-6-7-14(11)16-10/h2-7H,1H3. The second-order valence-corrected chi connectivity index (χ2v) is 4.25. The van der Waals surface area contributed by atoms with E-state index in [1.807, 2.05) is 34.3 Å². The Hall–Kier alpha value is -1.88. The summed E-state index contributed by atoms with van der Waals surface area (Å²) in [5.74, 6) is 1.60. The van der Waals surface area contributed by atoms with Gasteiger partial charge in [0.25, 0.3) is 0 Å². The van der Waals surface area contributed by atoms with E-state index < -0.39 is 0 Å². The molecule has 0 amide bonds. The van der Waals surface area contributed by atoms with Crippen molar-refractivity contribution < 1.29 is 4.74 Å². The van der Waals surface area contributed by atoms with Crippen LogP contribution in [0.1, 0.15) is 0 Å². The summed E-state index contributed by atoms with van der Waals surface area (Å²) in [6.07, 6.45) is 3.65. The molecule has 0 atom stereocenters. The molecule has 5 heteroatoms. The molecule has 0 saturated carbocycles. The van der Waals surface area contributed by atoms with Crippen molar-refractivity contribution in [1.29, 1.82) is 0 Å². The number of hydrogen-bond donors (Lipinski definition) is 0. The minimum atomic E-state index is 0.746. The van der Waals surface area contributed by atoms with E-state index in [0.29, 0.717) is 0 Å². The number of hydrogen-bond acceptors (Lipinski definition) is 4. The molecule has 0 radical (unpaired) electrons. The zero-order valence-electron chi connectivity index (χ0n) is 8.62. The largest absolute Gasteiger partial charge is 0.497 e. The second kappa shape index (κ2) is 3.61. The number of methoxy groups -OCH3 is 1. The van der Waals surface area contributed by atoms with Crippen molar-refractivity contribution in [3.63, 3.8) is 0 Å². The third-order valence-corrected chi connectivity index (χ3v) is 3.29. The first-order chi connectivity index (χ1) is 7.86. The third kappa shape index (κ3) is 1.45. The molecule has 0 aliphatic heterocycles. The van der Waals surface area contributed by atoms with Crippen molar-refractivity contribution in [3.05, 3.63) is 36.7 Å². The Labute approximate surface area is 96.3 Å². The molecule has 3 aromatic rings. The summed E-state index contributed by atoms with van der Waals surface area (Å²) >= 11 is 1.57. The maximum atomic E-state index is 5.11. The van der Waals surface area contributed by atoms with Crippen LogP contribution in [0.5, 0.6) is 5.75 Å². The van der Waals surface area contributed by atoms with E-state index in [1.54, 1.807) is 24.8 Å². The van der Waals surface area contributed by atoms with Crippen LogP contribution in [0.15, 0.2) is 36.7 Å². The minimum absolute atomic E-state index is 0.746. The van der Waals surface area contributed by atoms with Crippen LogP contribution in [0.3, 0.4) is 0 Å². The Kier molecular flexibility index (Phi) is 2.11. The first-order valence-electron chi connectivity index (χ1n) is 4.81. The van der Waals surface area contributed by atoms with E-state index in [0.717, 1.165) is 22.1 Å². The van der Waals surface area contributed by atoms with Gasteiger partial charge in [0, 0.05) is 18.0 Å². The lowest BCUT2D eigenvalue weighted by molar-refractivity contribution is 0.415. The summed E-state index contributed by atoms with van der Waals surface area (Å²) < 4.78 is 7.06. The lowest BCUT2D eigenvalue weighted by Gasteiger charge is -1.99. The number of fused-ring (bicyclic) bond motifs is 1. The summed E-state index contributed by atoms with van der Waals surface area (Å²) in [5.41, 5.74) is 1.08. The molecular weight excluding hydrogens is 222 g/mol. The van der Waals surface area contributed by atoms with Gasteiger partial charge in [-0.2, -0.15) is 4.98 Å². The Morgan fingerprint density at radius 3 is 2.75 bits per heavy atom. The highest BCUT2D eigenvalue weighted by atomic mass is 32.1. The van der Waals surface area contributed by atoms with Crippen molar-refractivity contribution in [2.24, 2.45) is 0 Å². The van der Waals surface area contributed by atoms with Gasteiger partial charge in [0.05, 0.1) is 7.11 Å². The summed E-state index contributed by atoms with van der Waals surface area (Å²) in [6, 6.07) is 7.85. The quantitative estimate of drug-likeness (QED) is 0.680. The van der Waals surface area contributed by atoms with Crippen LogP contribution in [0.25, 0.3) is 16.3 Å². The zero-order valence-corrected chi connectivity index (χ0v) is 9.44. The Morgan fingerprint density at radius 1 is 1.25 bits per heavy atom. The van der Waals surface area contributed by atoms with Gasteiger partial charge in [-0.1, -0.05) is 0 Å². The fourth-order valence-electron chi connectivity index (χ4n) is 1.49. The highest BCUT2D eigenvalue weighted by Gasteiger charge is 2.06. The van der Waals surface area contributed by atoms with E-state index in [4.69, 9.17) is 4.74 Å². The topological polar surface area (TPSA) is 39.4 Å². The smallest absolute Gasteiger partial charge is 0.244 e. The number of benzene rings is 1. The van der Waals surface area contributed by atoms with E-state index in [1.165, 1.54) is 0 Å². The lowest BCUT2D eigenvalue weighted by Crippen LogP contribution is -1.82. The van der Waals surface area contributed by atoms with Crippen LogP contribution in [0.2, 0.25) is 0 Å². The van der Waals surface area contributed by atoms with Crippen molar-refractivity contribution in [2.45, 2.75) is 0 Å². The van der Waals surface area contributed by atoms with Gasteiger partial charge in [0.2, 0.25) is 5.78 Å². The minimum Gasteiger partial charge on any atom is -0.497 e. The Balaban J connectivity index is 2.05. The van der Waals surface area contributed by atoms with Crippen LogP contribution in [-0.4, -0.2) is 20.9 Å². The van der Waals surface area contributed by atoms with Crippen molar-refractivity contribution in [3.8, 4) is 16.3 Å². The second-order valence-electron chi connectivity index (χ2n) is 3.29. The van der Waals surface area contributed by atoms with Gasteiger partial charge >= 0.3 is 0 Å². The monoisotopic (exact) mass is 231 g/mol. The predicted molar refractivity (Wildman–Crippen MR) is 62.9 cm³/mol. The fraction of sp³-hybridized carbons (Fsp3) is 0.0909. The average Bonchev–Trinajstić information content (AvgIpc) is 2.89. The van der Waals surface area contributed by atoms with E-state index in [9.17, 15) is 0 Å². The highest BCUT2D eigenvalue weighted by molar-refractivity contribution is 7.10. The molecule has 0 saturated heterocycles. The van der Waals surface area contributed by atoms with E-state index >= 15 is 0 Å². The van der Waals surface area contributed by atoms with Crippen LogP contribution in [0, 0.1) is 0 Å². The Morgan fingerprint density at radius 2 is 2.06 bits per heavy atom. The summed E-state index contributed by atoms with van der Waals surface area (Å²) in [7, 11) is 1.66. The maximum Gasteiger partial charge on any atom is 0.244 e. The number of rotatable bonds is 2. The highest BCUT2D eigenvalue weighted by Crippen LogP contribution is 2.25. The number of aromatic nitrogens is 3. The van der Waals surface area contributed by atoms with Gasteiger partial charge < -0.3 is 4.74 Å². The SMILES string of the molecule is COc1ccc(-c2nc3nccn3s2)cc1. The third-order valence-electron chi connectivity index (χ3n) is 2.31. The molecular formula is C11H9N3OS. The maximum absolute atomic E-state index is 5.11. The average molecular weight is 231 g/mol. The molecule has 0 unspecified atom stereocenters. The van der Waals surface area contributed by atoms with E-state index in [2.05, 4.69) is 9.97 Å². The molecule has 0 bridgehead atoms. The molecule has 3 rings (SSSR count).